The number of rotatable bonds is 7. The third-order valence-corrected chi connectivity index (χ3v) is 7.93. The number of anilines is 1. The summed E-state index contributed by atoms with van der Waals surface area (Å²) in [6, 6.07) is 5.98. The maximum Gasteiger partial charge on any atom is 0.490 e. The zero-order chi connectivity index (χ0) is 30.6. The van der Waals surface area contributed by atoms with Gasteiger partial charge in [0.05, 0.1) is 17.2 Å². The average molecular weight is 592 g/mol. The smallest absolute Gasteiger partial charge is 0.475 e. The van der Waals surface area contributed by atoms with Gasteiger partial charge in [0.1, 0.15) is 11.6 Å². The van der Waals surface area contributed by atoms with Crippen LogP contribution in [0.15, 0.2) is 41.6 Å². The molecular formula is C23H25F4N5O7S. The molecule has 0 aliphatic carbocycles. The summed E-state index contributed by atoms with van der Waals surface area (Å²) in [7, 11) is -0.258. The van der Waals surface area contributed by atoms with E-state index in [2.05, 4.69) is 9.97 Å². The van der Waals surface area contributed by atoms with E-state index < -0.39 is 44.0 Å². The molecule has 1 amide bonds. The van der Waals surface area contributed by atoms with Crippen LogP contribution in [-0.2, 0) is 26.0 Å². The van der Waals surface area contributed by atoms with Crippen LogP contribution >= 0.6 is 0 Å². The zero-order valence-electron chi connectivity index (χ0n) is 21.5. The van der Waals surface area contributed by atoms with Gasteiger partial charge in [-0.1, -0.05) is 0 Å². The maximum absolute atomic E-state index is 14.9. The highest BCUT2D eigenvalue weighted by atomic mass is 32.2. The summed E-state index contributed by atoms with van der Waals surface area (Å²) in [6.07, 6.45) is -1.80. The van der Waals surface area contributed by atoms with Gasteiger partial charge >= 0.3 is 12.1 Å². The average Bonchev–Trinajstić information content (AvgIpc) is 2.86. The zero-order valence-corrected chi connectivity index (χ0v) is 22.3. The minimum atomic E-state index is -5.08. The summed E-state index contributed by atoms with van der Waals surface area (Å²) >= 11 is 0. The fourth-order valence-electron chi connectivity index (χ4n) is 3.29. The minimum Gasteiger partial charge on any atom is -0.475 e. The van der Waals surface area contributed by atoms with Gasteiger partial charge in [0.25, 0.3) is 11.5 Å². The number of sulfone groups is 1. The number of aliphatic carboxylic acids is 1. The molecule has 17 heteroatoms. The molecule has 1 atom stereocenters. The highest BCUT2D eigenvalue weighted by Crippen LogP contribution is 2.27. The molecule has 1 aromatic carbocycles. The first kappa shape index (κ1) is 32.1. The van der Waals surface area contributed by atoms with Crippen molar-refractivity contribution in [2.24, 2.45) is 0 Å². The summed E-state index contributed by atoms with van der Waals surface area (Å²) in [5.74, 6) is -3.81. The second-order valence-electron chi connectivity index (χ2n) is 8.89. The molecule has 0 aliphatic heterocycles. The number of carboxylic acids is 1. The van der Waals surface area contributed by atoms with Crippen molar-refractivity contribution in [2.75, 3.05) is 25.3 Å². The first-order chi connectivity index (χ1) is 18.3. The molecule has 0 spiro atoms. The summed E-state index contributed by atoms with van der Waals surface area (Å²) in [5, 5.41) is 16.1. The van der Waals surface area contributed by atoms with Gasteiger partial charge in [-0.25, -0.2) is 33.1 Å². The van der Waals surface area contributed by atoms with Crippen LogP contribution in [0.5, 0.6) is 0 Å². The number of aryl methyl sites for hydroxylation is 1. The number of nitrogens with one attached hydrogen (secondary N) is 1. The number of carbonyl (C=O) groups excluding carboxylic acids is 1. The monoisotopic (exact) mass is 591 g/mol. The van der Waals surface area contributed by atoms with Crippen molar-refractivity contribution in [3.05, 3.63) is 53.0 Å². The lowest BCUT2D eigenvalue weighted by Gasteiger charge is -2.25. The summed E-state index contributed by atoms with van der Waals surface area (Å²) in [5.41, 5.74) is 1.76. The molecular weight excluding hydrogens is 566 g/mol. The fourth-order valence-corrected chi connectivity index (χ4v) is 4.13. The van der Waals surface area contributed by atoms with E-state index >= 15 is 0 Å². The Morgan fingerprint density at radius 3 is 2.20 bits per heavy atom. The van der Waals surface area contributed by atoms with Crippen molar-refractivity contribution in [2.45, 2.75) is 30.8 Å². The van der Waals surface area contributed by atoms with Crippen LogP contribution in [0.25, 0.3) is 22.0 Å². The van der Waals surface area contributed by atoms with Crippen LogP contribution in [-0.4, -0.2) is 76.4 Å². The van der Waals surface area contributed by atoms with Crippen molar-refractivity contribution in [3.63, 3.8) is 0 Å². The van der Waals surface area contributed by atoms with Crippen molar-refractivity contribution >= 4 is 38.4 Å². The molecule has 3 rings (SSSR count). The Hall–Kier alpha value is -4.12. The number of carboxylic acid groups (broad SMARTS) is 1. The molecule has 0 aliphatic rings. The molecule has 218 valence electrons. The fraction of sp³-hybridized carbons (Fsp3) is 0.348. The Labute approximate surface area is 224 Å². The number of hydrogen-bond donors (Lipinski definition) is 3. The number of halogens is 4. The largest absolute Gasteiger partial charge is 0.490 e. The molecule has 2 aromatic heterocycles. The number of nitrogens with zero attached hydrogens (tertiary/aromatic N) is 4. The quantitative estimate of drug-likeness (QED) is 0.210. The Kier molecular flexibility index (Phi) is 9.59. The second-order valence-corrected chi connectivity index (χ2v) is 11.3. The van der Waals surface area contributed by atoms with Gasteiger partial charge in [0.2, 0.25) is 0 Å². The van der Waals surface area contributed by atoms with E-state index in [4.69, 9.17) is 15.1 Å². The molecule has 12 nitrogen and oxygen atoms in total. The molecule has 3 aromatic rings. The molecule has 0 saturated carbocycles. The van der Waals surface area contributed by atoms with Gasteiger partial charge in [-0.3, -0.25) is 19.4 Å². The number of fused-ring (bicyclic) bond motifs is 1. The van der Waals surface area contributed by atoms with Crippen LogP contribution in [0, 0.1) is 5.82 Å². The van der Waals surface area contributed by atoms with Gasteiger partial charge in [-0.15, -0.1) is 0 Å². The van der Waals surface area contributed by atoms with E-state index in [1.807, 2.05) is 19.0 Å². The van der Waals surface area contributed by atoms with Gasteiger partial charge in [0.15, 0.2) is 14.6 Å². The van der Waals surface area contributed by atoms with Crippen molar-refractivity contribution < 1.29 is 45.9 Å². The first-order valence-electron chi connectivity index (χ1n) is 11.1. The van der Waals surface area contributed by atoms with Gasteiger partial charge < -0.3 is 10.0 Å². The number of amides is 1. The van der Waals surface area contributed by atoms with Crippen LogP contribution < -0.4 is 15.9 Å². The van der Waals surface area contributed by atoms with E-state index in [0.29, 0.717) is 11.4 Å². The highest BCUT2D eigenvalue weighted by molar-refractivity contribution is 7.92. The Morgan fingerprint density at radius 1 is 1.15 bits per heavy atom. The van der Waals surface area contributed by atoms with E-state index in [1.54, 1.807) is 12.1 Å². The third-order valence-electron chi connectivity index (χ3n) is 5.90. The number of alkyl halides is 3. The van der Waals surface area contributed by atoms with E-state index in [9.17, 15) is 35.6 Å². The molecule has 40 heavy (non-hydrogen) atoms. The van der Waals surface area contributed by atoms with E-state index in [0.717, 1.165) is 23.8 Å². The predicted molar refractivity (Wildman–Crippen MR) is 135 cm³/mol. The normalized spacial score (nSPS) is 13.1. The lowest BCUT2D eigenvalue weighted by Crippen LogP contribution is -2.50. The van der Waals surface area contributed by atoms with E-state index in [-0.39, 0.29) is 29.4 Å². The van der Waals surface area contributed by atoms with Crippen molar-refractivity contribution in [3.8, 4) is 11.1 Å². The number of pyridine rings is 1. The first-order valence-corrected chi connectivity index (χ1v) is 13.0. The lowest BCUT2D eigenvalue weighted by molar-refractivity contribution is -0.192. The number of hydroxylamine groups is 1. The molecule has 0 unspecified atom stereocenters. The Balaban J connectivity index is 0.000000708. The summed E-state index contributed by atoms with van der Waals surface area (Å²) in [4.78, 5) is 44.1. The molecule has 0 radical (unpaired) electrons. The number of hydrogen-bond acceptors (Lipinski definition) is 9. The Morgan fingerprint density at radius 2 is 1.75 bits per heavy atom. The predicted octanol–water partition coefficient (Wildman–Crippen LogP) is 2.00. The second kappa shape index (κ2) is 12.0. The van der Waals surface area contributed by atoms with E-state index in [1.165, 1.54) is 24.1 Å². The molecule has 0 fully saturated rings. The van der Waals surface area contributed by atoms with Crippen LogP contribution in [0.2, 0.25) is 0 Å². The van der Waals surface area contributed by atoms with Crippen LogP contribution in [0.4, 0.5) is 23.4 Å². The van der Waals surface area contributed by atoms with Gasteiger partial charge in [0, 0.05) is 44.2 Å². The molecule has 0 saturated heterocycles. The SMILES string of the molecule is CN(C)c1ccc(-c2cc3ncn(CC[C@](C)(C(=O)NO)S(C)(=O)=O)c(=O)c3cc2F)cn1.O=C(O)C(F)(F)F. The van der Waals surface area contributed by atoms with Crippen LogP contribution in [0.1, 0.15) is 13.3 Å². The minimum absolute atomic E-state index is 0.00397. The number of carbonyl (C=O) groups is 2. The number of benzene rings is 1. The standard InChI is InChI=1S/C21H24FN5O5S.C2HF3O2/c1-21(20(29)25-30,33(4,31)32)7-8-27-12-24-17-10-14(16(22)9-15(17)19(27)28)13-5-6-18(23-11-13)26(2)3;3-2(4,5)1(6)7/h5-6,9-12,30H,7-8H2,1-4H3,(H,25,29);(H,6,7)/t21-;/m1./s1. The molecule has 3 N–H and O–H groups in total. The summed E-state index contributed by atoms with van der Waals surface area (Å²) in [6.45, 7) is 0.951. The van der Waals surface area contributed by atoms with Gasteiger partial charge in [-0.05, 0) is 37.6 Å². The van der Waals surface area contributed by atoms with Gasteiger partial charge in [-0.2, -0.15) is 13.2 Å². The highest BCUT2D eigenvalue weighted by Gasteiger charge is 2.43. The number of aromatic nitrogens is 3. The molecule has 0 bridgehead atoms. The summed E-state index contributed by atoms with van der Waals surface area (Å²) < 4.78 is 70.0. The maximum atomic E-state index is 14.9. The molecule has 2 heterocycles. The third kappa shape index (κ3) is 7.09. The van der Waals surface area contributed by atoms with Crippen molar-refractivity contribution in [1.29, 1.82) is 0 Å². The lowest BCUT2D eigenvalue weighted by atomic mass is 10.0. The van der Waals surface area contributed by atoms with Crippen LogP contribution in [0.3, 0.4) is 0 Å². The Bertz CT molecular complexity index is 1580. The topological polar surface area (TPSA) is 172 Å². The van der Waals surface area contributed by atoms with Crippen molar-refractivity contribution in [1.82, 2.24) is 20.0 Å².